The maximum atomic E-state index is 12.7. The molecule has 0 fully saturated rings. The largest absolute Gasteiger partial charge is 0.494 e. The molecule has 3 aromatic rings. The van der Waals surface area contributed by atoms with Gasteiger partial charge in [-0.15, -0.1) is 0 Å². The van der Waals surface area contributed by atoms with Crippen LogP contribution in [0.1, 0.15) is 17.3 Å². The zero-order valence-electron chi connectivity index (χ0n) is 12.8. The summed E-state index contributed by atoms with van der Waals surface area (Å²) in [6.45, 7) is 1.87. The Bertz CT molecular complexity index is 1170. The highest BCUT2D eigenvalue weighted by Gasteiger charge is 2.22. The minimum Gasteiger partial charge on any atom is -0.494 e. The molecule has 8 nitrogen and oxygen atoms in total. The van der Waals surface area contributed by atoms with Crippen molar-refractivity contribution >= 4 is 38.0 Å². The molecule has 3 rings (SSSR count). The van der Waals surface area contributed by atoms with Gasteiger partial charge < -0.3 is 14.3 Å². The van der Waals surface area contributed by atoms with E-state index in [-0.39, 0.29) is 39.9 Å². The number of fused-ring (bicyclic) bond motifs is 2. The van der Waals surface area contributed by atoms with Crippen molar-refractivity contribution in [2.45, 2.75) is 11.8 Å². The second-order valence-electron chi connectivity index (χ2n) is 5.15. The summed E-state index contributed by atoms with van der Waals surface area (Å²) >= 11 is 0. The van der Waals surface area contributed by atoms with Crippen LogP contribution in [0.2, 0.25) is 0 Å². The predicted octanol–water partition coefficient (Wildman–Crippen LogP) is 2.29. The number of aromatic carboxylic acids is 1. The van der Waals surface area contributed by atoms with Crippen LogP contribution in [0.25, 0.3) is 21.9 Å². The van der Waals surface area contributed by atoms with E-state index in [9.17, 15) is 22.6 Å². The summed E-state index contributed by atoms with van der Waals surface area (Å²) in [5, 5.41) is 8.88. The minimum absolute atomic E-state index is 0.00319. The van der Waals surface area contributed by atoms with Gasteiger partial charge in [0.25, 0.3) is 10.1 Å². The number of carboxylic acid groups (broad SMARTS) is 1. The molecule has 130 valence electrons. The van der Waals surface area contributed by atoms with Crippen molar-refractivity contribution in [2.75, 3.05) is 6.61 Å². The van der Waals surface area contributed by atoms with Crippen LogP contribution in [0.15, 0.2) is 44.4 Å². The standard InChI is InChI=1S/C16H12O8S/c1-2-23-9-6-11-14(17)10-5-8(16(18)19)3-4-12(10)24-15(11)13(7-9)25(20,21)22/h3-7H,2H2,1H3,(H,18,19)(H,20,21,22). The molecule has 0 spiro atoms. The molecule has 0 radical (unpaired) electrons. The highest BCUT2D eigenvalue weighted by atomic mass is 32.2. The average molecular weight is 364 g/mol. The lowest BCUT2D eigenvalue weighted by molar-refractivity contribution is 0.0697. The Morgan fingerprint density at radius 1 is 1.20 bits per heavy atom. The second-order valence-corrected chi connectivity index (χ2v) is 6.54. The monoisotopic (exact) mass is 364 g/mol. The molecule has 0 aliphatic carbocycles. The molecule has 0 saturated carbocycles. The average Bonchev–Trinajstić information content (AvgIpc) is 2.54. The number of benzene rings is 2. The summed E-state index contributed by atoms with van der Waals surface area (Å²) in [7, 11) is -4.68. The van der Waals surface area contributed by atoms with E-state index in [4.69, 9.17) is 14.3 Å². The van der Waals surface area contributed by atoms with Gasteiger partial charge in [0.05, 0.1) is 22.9 Å². The van der Waals surface area contributed by atoms with E-state index in [2.05, 4.69) is 0 Å². The molecule has 1 heterocycles. The second kappa shape index (κ2) is 5.87. The van der Waals surface area contributed by atoms with Crippen LogP contribution >= 0.6 is 0 Å². The number of carboxylic acids is 1. The molecule has 0 saturated heterocycles. The smallest absolute Gasteiger partial charge is 0.335 e. The molecule has 0 bridgehead atoms. The van der Waals surface area contributed by atoms with Crippen molar-refractivity contribution in [3.8, 4) is 5.75 Å². The van der Waals surface area contributed by atoms with E-state index >= 15 is 0 Å². The molecule has 1 aromatic heterocycles. The third-order valence-electron chi connectivity index (χ3n) is 3.55. The lowest BCUT2D eigenvalue weighted by atomic mass is 10.1. The predicted molar refractivity (Wildman–Crippen MR) is 87.9 cm³/mol. The van der Waals surface area contributed by atoms with Crippen molar-refractivity contribution < 1.29 is 32.0 Å². The molecule has 25 heavy (non-hydrogen) atoms. The lowest BCUT2D eigenvalue weighted by Crippen LogP contribution is -2.08. The van der Waals surface area contributed by atoms with E-state index in [0.717, 1.165) is 12.1 Å². The van der Waals surface area contributed by atoms with Gasteiger partial charge in [0.15, 0.2) is 5.58 Å². The molecular formula is C16H12O8S. The minimum atomic E-state index is -4.68. The molecule has 0 unspecified atom stereocenters. The number of hydrogen-bond acceptors (Lipinski definition) is 6. The van der Waals surface area contributed by atoms with Crippen LogP contribution in [-0.2, 0) is 10.1 Å². The van der Waals surface area contributed by atoms with Crippen LogP contribution in [0.5, 0.6) is 5.75 Å². The Hall–Kier alpha value is -2.91. The first kappa shape index (κ1) is 16.9. The van der Waals surface area contributed by atoms with Crippen LogP contribution in [0.4, 0.5) is 0 Å². The Morgan fingerprint density at radius 3 is 2.52 bits per heavy atom. The first-order valence-electron chi connectivity index (χ1n) is 7.10. The van der Waals surface area contributed by atoms with Gasteiger partial charge in [0, 0.05) is 6.07 Å². The van der Waals surface area contributed by atoms with E-state index in [1.54, 1.807) is 6.92 Å². The van der Waals surface area contributed by atoms with E-state index in [0.29, 0.717) is 0 Å². The lowest BCUT2D eigenvalue weighted by Gasteiger charge is -2.09. The number of carbonyl (C=O) groups is 1. The van der Waals surface area contributed by atoms with Gasteiger partial charge in [0.2, 0.25) is 5.43 Å². The van der Waals surface area contributed by atoms with Crippen LogP contribution in [0.3, 0.4) is 0 Å². The van der Waals surface area contributed by atoms with Gasteiger partial charge in [-0.1, -0.05) is 0 Å². The highest BCUT2D eigenvalue weighted by molar-refractivity contribution is 7.86. The normalized spacial score (nSPS) is 11.8. The number of rotatable bonds is 4. The van der Waals surface area contributed by atoms with Gasteiger partial charge in [-0.25, -0.2) is 4.79 Å². The SMILES string of the molecule is CCOc1cc(S(=O)(=O)O)c2oc3ccc(C(=O)O)cc3c(=O)c2c1. The molecule has 9 heteroatoms. The van der Waals surface area contributed by atoms with Gasteiger partial charge >= 0.3 is 5.97 Å². The zero-order valence-corrected chi connectivity index (χ0v) is 13.7. The van der Waals surface area contributed by atoms with Crippen molar-refractivity contribution in [1.82, 2.24) is 0 Å². The third kappa shape index (κ3) is 2.94. The Kier molecular flexibility index (Phi) is 3.97. The molecule has 0 amide bonds. The molecule has 0 aliphatic rings. The van der Waals surface area contributed by atoms with Gasteiger partial charge in [-0.05, 0) is 31.2 Å². The fraction of sp³-hybridized carbons (Fsp3) is 0.125. The van der Waals surface area contributed by atoms with E-state index in [1.165, 1.54) is 18.2 Å². The Labute approximate surface area is 141 Å². The van der Waals surface area contributed by atoms with E-state index in [1.807, 2.05) is 0 Å². The molecule has 0 atom stereocenters. The van der Waals surface area contributed by atoms with Gasteiger partial charge in [-0.2, -0.15) is 8.42 Å². The van der Waals surface area contributed by atoms with Crippen LogP contribution in [-0.4, -0.2) is 30.7 Å². The maximum absolute atomic E-state index is 12.7. The molecule has 0 aliphatic heterocycles. The topological polar surface area (TPSA) is 131 Å². The summed E-state index contributed by atoms with van der Waals surface area (Å²) in [6.07, 6.45) is 0. The van der Waals surface area contributed by atoms with Gasteiger partial charge in [-0.3, -0.25) is 9.35 Å². The summed E-state index contributed by atoms with van der Waals surface area (Å²) in [6, 6.07) is 5.96. The Balaban J connectivity index is 2.50. The molecule has 2 aromatic carbocycles. The van der Waals surface area contributed by atoms with Crippen molar-refractivity contribution in [3.05, 3.63) is 46.1 Å². The summed E-state index contributed by atoms with van der Waals surface area (Å²) in [5.74, 6) is -1.16. The zero-order chi connectivity index (χ0) is 18.4. The fourth-order valence-corrected chi connectivity index (χ4v) is 3.13. The van der Waals surface area contributed by atoms with Crippen LogP contribution < -0.4 is 10.2 Å². The van der Waals surface area contributed by atoms with Gasteiger partial charge in [0.1, 0.15) is 16.2 Å². The summed E-state index contributed by atoms with van der Waals surface area (Å²) in [5.41, 5.74) is -1.08. The summed E-state index contributed by atoms with van der Waals surface area (Å²) < 4.78 is 43.4. The van der Waals surface area contributed by atoms with Crippen LogP contribution in [0, 0.1) is 0 Å². The Morgan fingerprint density at radius 2 is 1.92 bits per heavy atom. The quantitative estimate of drug-likeness (QED) is 0.532. The summed E-state index contributed by atoms with van der Waals surface area (Å²) in [4.78, 5) is 23.2. The number of hydrogen-bond donors (Lipinski definition) is 2. The van der Waals surface area contributed by atoms with Crippen molar-refractivity contribution in [1.29, 1.82) is 0 Å². The number of ether oxygens (including phenoxy) is 1. The first-order chi connectivity index (χ1) is 11.7. The highest BCUT2D eigenvalue weighted by Crippen LogP contribution is 2.30. The third-order valence-corrected chi connectivity index (χ3v) is 4.40. The first-order valence-corrected chi connectivity index (χ1v) is 8.54. The fourth-order valence-electron chi connectivity index (χ4n) is 2.48. The molecular weight excluding hydrogens is 352 g/mol. The van der Waals surface area contributed by atoms with Crippen molar-refractivity contribution in [2.24, 2.45) is 0 Å². The van der Waals surface area contributed by atoms with Crippen molar-refractivity contribution in [3.63, 3.8) is 0 Å². The van der Waals surface area contributed by atoms with E-state index < -0.39 is 26.4 Å². The maximum Gasteiger partial charge on any atom is 0.335 e. The molecule has 2 N–H and O–H groups in total.